The van der Waals surface area contributed by atoms with Crippen molar-refractivity contribution in [1.29, 1.82) is 0 Å². The average molecular weight is 453 g/mol. The van der Waals surface area contributed by atoms with E-state index in [4.69, 9.17) is 11.6 Å². The third kappa shape index (κ3) is 5.01. The highest BCUT2D eigenvalue weighted by molar-refractivity contribution is 7.91. The minimum absolute atomic E-state index is 0.0301. The van der Waals surface area contributed by atoms with Gasteiger partial charge in [0.05, 0.1) is 20.9 Å². The normalized spacial score (nSPS) is 12.4. The number of fused-ring (bicyclic) bond motifs is 1. The Morgan fingerprint density at radius 2 is 1.97 bits per heavy atom. The Labute approximate surface area is 176 Å². The maximum absolute atomic E-state index is 14.2. The SMILES string of the molecule is C=CCn1c(=NC(=O)CCCS(=O)(=O)c2ccc(Cl)cc2)sc2cccc(F)c21. The van der Waals surface area contributed by atoms with Gasteiger partial charge in [-0.15, -0.1) is 6.58 Å². The second-order valence-corrected chi connectivity index (χ2v) is 9.81. The van der Waals surface area contributed by atoms with Crippen molar-refractivity contribution in [2.24, 2.45) is 4.99 Å². The second kappa shape index (κ2) is 9.02. The van der Waals surface area contributed by atoms with Crippen LogP contribution in [0.1, 0.15) is 12.8 Å². The molecule has 3 aromatic rings. The van der Waals surface area contributed by atoms with Gasteiger partial charge in [-0.3, -0.25) is 4.79 Å². The van der Waals surface area contributed by atoms with E-state index in [2.05, 4.69) is 11.6 Å². The summed E-state index contributed by atoms with van der Waals surface area (Å²) in [5.41, 5.74) is 0.370. The zero-order valence-corrected chi connectivity index (χ0v) is 17.7. The highest BCUT2D eigenvalue weighted by Crippen LogP contribution is 2.20. The van der Waals surface area contributed by atoms with Crippen LogP contribution in [0.15, 0.2) is 65.0 Å². The molecule has 0 saturated heterocycles. The summed E-state index contributed by atoms with van der Waals surface area (Å²) in [6.07, 6.45) is 1.70. The van der Waals surface area contributed by atoms with E-state index in [0.717, 1.165) is 0 Å². The third-order valence-corrected chi connectivity index (χ3v) is 7.27. The molecule has 0 bridgehead atoms. The van der Waals surface area contributed by atoms with Crippen LogP contribution >= 0.6 is 22.9 Å². The van der Waals surface area contributed by atoms with Crippen molar-refractivity contribution in [3.8, 4) is 0 Å². The third-order valence-electron chi connectivity index (χ3n) is 4.16. The van der Waals surface area contributed by atoms with Gasteiger partial charge in [0.25, 0.3) is 0 Å². The zero-order valence-electron chi connectivity index (χ0n) is 15.3. The fourth-order valence-corrected chi connectivity index (χ4v) is 5.31. The molecule has 0 N–H and O–H groups in total. The molecule has 0 atom stereocenters. The molecule has 2 aromatic carbocycles. The summed E-state index contributed by atoms with van der Waals surface area (Å²) in [6, 6.07) is 10.6. The van der Waals surface area contributed by atoms with Crippen molar-refractivity contribution < 1.29 is 17.6 Å². The van der Waals surface area contributed by atoms with Crippen molar-refractivity contribution in [1.82, 2.24) is 4.57 Å². The molecular weight excluding hydrogens is 435 g/mol. The number of aromatic nitrogens is 1. The summed E-state index contributed by atoms with van der Waals surface area (Å²) < 4.78 is 41.1. The summed E-state index contributed by atoms with van der Waals surface area (Å²) in [7, 11) is -3.51. The van der Waals surface area contributed by atoms with E-state index >= 15 is 0 Å². The Kier molecular flexibility index (Phi) is 6.66. The van der Waals surface area contributed by atoms with Gasteiger partial charge in [0.1, 0.15) is 5.82 Å². The maximum atomic E-state index is 14.2. The van der Waals surface area contributed by atoms with E-state index in [-0.39, 0.29) is 23.5 Å². The summed E-state index contributed by atoms with van der Waals surface area (Å²) >= 11 is 6.98. The highest BCUT2D eigenvalue weighted by Gasteiger charge is 2.15. The van der Waals surface area contributed by atoms with Crippen molar-refractivity contribution in [2.75, 3.05) is 5.75 Å². The molecule has 9 heteroatoms. The lowest BCUT2D eigenvalue weighted by atomic mass is 10.3. The Morgan fingerprint density at radius 3 is 2.66 bits per heavy atom. The Bertz CT molecular complexity index is 1230. The minimum atomic E-state index is -3.51. The first-order valence-electron chi connectivity index (χ1n) is 8.76. The van der Waals surface area contributed by atoms with E-state index in [0.29, 0.717) is 26.6 Å². The molecule has 0 spiro atoms. The predicted octanol–water partition coefficient (Wildman–Crippen LogP) is 4.36. The van der Waals surface area contributed by atoms with Crippen molar-refractivity contribution in [3.05, 3.63) is 70.8 Å². The monoisotopic (exact) mass is 452 g/mol. The van der Waals surface area contributed by atoms with Crippen molar-refractivity contribution in [3.63, 3.8) is 0 Å². The summed E-state index contributed by atoms with van der Waals surface area (Å²) in [5.74, 6) is -1.03. The van der Waals surface area contributed by atoms with E-state index < -0.39 is 21.6 Å². The van der Waals surface area contributed by atoms with E-state index in [9.17, 15) is 17.6 Å². The number of carbonyl (C=O) groups excluding carboxylic acids is 1. The van der Waals surface area contributed by atoms with Gasteiger partial charge >= 0.3 is 0 Å². The first-order valence-corrected chi connectivity index (χ1v) is 11.6. The number of para-hydroxylation sites is 1. The number of allylic oxidation sites excluding steroid dienone is 1. The van der Waals surface area contributed by atoms with E-state index in [1.165, 1.54) is 41.7 Å². The summed E-state index contributed by atoms with van der Waals surface area (Å²) in [6.45, 7) is 3.97. The fourth-order valence-electron chi connectivity index (χ4n) is 2.81. The molecule has 0 fully saturated rings. The number of sulfone groups is 1. The molecule has 1 aromatic heterocycles. The van der Waals surface area contributed by atoms with Crippen molar-refractivity contribution >= 4 is 48.9 Å². The van der Waals surface area contributed by atoms with E-state index in [1.807, 2.05) is 0 Å². The summed E-state index contributed by atoms with van der Waals surface area (Å²) in [5, 5.41) is 0.450. The second-order valence-electron chi connectivity index (χ2n) is 6.25. The van der Waals surface area contributed by atoms with Crippen LogP contribution in [0.5, 0.6) is 0 Å². The minimum Gasteiger partial charge on any atom is -0.310 e. The average Bonchev–Trinajstić information content (AvgIpc) is 3.00. The molecule has 0 radical (unpaired) electrons. The summed E-state index contributed by atoms with van der Waals surface area (Å²) in [4.78, 5) is 16.9. The molecule has 152 valence electrons. The van der Waals surface area contributed by atoms with E-state index in [1.54, 1.807) is 22.8 Å². The lowest BCUT2D eigenvalue weighted by Crippen LogP contribution is -2.17. The number of hydrogen-bond acceptors (Lipinski definition) is 4. The Morgan fingerprint density at radius 1 is 1.24 bits per heavy atom. The number of hydrogen-bond donors (Lipinski definition) is 0. The molecule has 5 nitrogen and oxygen atoms in total. The molecule has 0 unspecified atom stereocenters. The molecule has 0 aliphatic heterocycles. The van der Waals surface area contributed by atoms with Crippen LogP contribution in [-0.2, 0) is 21.2 Å². The van der Waals surface area contributed by atoms with Crippen LogP contribution < -0.4 is 4.80 Å². The zero-order chi connectivity index (χ0) is 21.0. The molecule has 0 aliphatic carbocycles. The van der Waals surface area contributed by atoms with Gasteiger partial charge in [-0.2, -0.15) is 4.99 Å². The van der Waals surface area contributed by atoms with Gasteiger partial charge in [-0.05, 0) is 42.8 Å². The number of thiazole rings is 1. The fraction of sp³-hybridized carbons (Fsp3) is 0.200. The topological polar surface area (TPSA) is 68.5 Å². The van der Waals surface area contributed by atoms with Gasteiger partial charge in [0.2, 0.25) is 5.91 Å². The Hall–Kier alpha value is -2.29. The van der Waals surface area contributed by atoms with Crippen molar-refractivity contribution in [2.45, 2.75) is 24.3 Å². The first-order chi connectivity index (χ1) is 13.8. The number of halogens is 2. The smallest absolute Gasteiger partial charge is 0.248 e. The predicted molar refractivity (Wildman–Crippen MR) is 113 cm³/mol. The number of amides is 1. The van der Waals surface area contributed by atoms with Crippen LogP contribution in [0.3, 0.4) is 0 Å². The largest absolute Gasteiger partial charge is 0.310 e. The van der Waals surface area contributed by atoms with Gasteiger partial charge in [0, 0.05) is 18.0 Å². The van der Waals surface area contributed by atoms with Gasteiger partial charge < -0.3 is 4.57 Å². The molecule has 1 heterocycles. The highest BCUT2D eigenvalue weighted by atomic mass is 35.5. The van der Waals surface area contributed by atoms with Crippen LogP contribution in [0.25, 0.3) is 10.2 Å². The Balaban J connectivity index is 1.76. The number of benzene rings is 2. The van der Waals surface area contributed by atoms with Gasteiger partial charge in [-0.25, -0.2) is 12.8 Å². The quantitative estimate of drug-likeness (QED) is 0.500. The lowest BCUT2D eigenvalue weighted by molar-refractivity contribution is -0.118. The van der Waals surface area contributed by atoms with Crippen LogP contribution in [-0.4, -0.2) is 24.6 Å². The number of nitrogens with zero attached hydrogens (tertiary/aromatic N) is 2. The molecule has 29 heavy (non-hydrogen) atoms. The van der Waals surface area contributed by atoms with Crippen LogP contribution in [0.2, 0.25) is 5.02 Å². The molecular formula is C20H18ClFN2O3S2. The standard InChI is InChI=1S/C20H18ClFN2O3S2/c1-2-12-24-19-16(22)5-3-6-17(19)28-20(24)23-18(25)7-4-13-29(26,27)15-10-8-14(21)9-11-15/h2-3,5-6,8-11H,1,4,7,12-13H2. The molecule has 0 saturated carbocycles. The molecule has 1 amide bonds. The number of rotatable bonds is 7. The molecule has 0 aliphatic rings. The van der Waals surface area contributed by atoms with Gasteiger partial charge in [0.15, 0.2) is 14.6 Å². The maximum Gasteiger partial charge on any atom is 0.248 e. The van der Waals surface area contributed by atoms with Gasteiger partial charge in [-0.1, -0.05) is 35.1 Å². The first kappa shape index (κ1) is 21.4. The lowest BCUT2D eigenvalue weighted by Gasteiger charge is -2.04. The van der Waals surface area contributed by atoms with Crippen LogP contribution in [0.4, 0.5) is 4.39 Å². The van der Waals surface area contributed by atoms with Crippen LogP contribution in [0, 0.1) is 5.82 Å². The molecule has 3 rings (SSSR count). The number of carbonyl (C=O) groups is 1.